The van der Waals surface area contributed by atoms with Crippen LogP contribution in [0.5, 0.6) is 0 Å². The average molecular weight is 321 g/mol. The Morgan fingerprint density at radius 3 is 2.59 bits per heavy atom. The van der Waals surface area contributed by atoms with Crippen LogP contribution in [-0.2, 0) is 4.74 Å². The average Bonchev–Trinajstić information content (AvgIpc) is 2.24. The molecule has 0 amide bonds. The summed E-state index contributed by atoms with van der Waals surface area (Å²) in [6.07, 6.45) is 0. The molecule has 0 fully saturated rings. The second-order valence-electron chi connectivity index (χ2n) is 4.53. The molecule has 0 radical (unpaired) electrons. The van der Waals surface area contributed by atoms with E-state index in [1.54, 1.807) is 7.11 Å². The minimum absolute atomic E-state index is 0.273. The number of hydrogen-bond donors (Lipinski definition) is 1. The van der Waals surface area contributed by atoms with Crippen molar-refractivity contribution < 1.29 is 4.74 Å². The molecular formula is C13H19BrClNO. The van der Waals surface area contributed by atoms with Crippen LogP contribution in [0.1, 0.15) is 19.4 Å². The van der Waals surface area contributed by atoms with Crippen LogP contribution < -0.4 is 5.32 Å². The molecule has 0 saturated heterocycles. The fourth-order valence-corrected chi connectivity index (χ4v) is 2.27. The third-order valence-corrected chi connectivity index (χ3v) is 3.80. The fraction of sp³-hybridized carbons (Fsp3) is 0.538. The molecule has 0 saturated carbocycles. The molecule has 0 spiro atoms. The zero-order chi connectivity index (χ0) is 13.0. The van der Waals surface area contributed by atoms with Gasteiger partial charge < -0.3 is 10.1 Å². The number of aryl methyl sites for hydroxylation is 1. The first kappa shape index (κ1) is 14.8. The van der Waals surface area contributed by atoms with E-state index in [1.807, 2.05) is 19.1 Å². The summed E-state index contributed by atoms with van der Waals surface area (Å²) < 4.78 is 6.25. The first-order chi connectivity index (χ1) is 7.95. The van der Waals surface area contributed by atoms with Gasteiger partial charge >= 0.3 is 0 Å². The van der Waals surface area contributed by atoms with E-state index in [2.05, 4.69) is 35.1 Å². The highest BCUT2D eigenvalue weighted by Crippen LogP contribution is 2.30. The number of benzene rings is 1. The summed E-state index contributed by atoms with van der Waals surface area (Å²) >= 11 is 9.68. The highest BCUT2D eigenvalue weighted by Gasteiger charge is 2.14. The number of methoxy groups -OCH3 is 1. The first-order valence-corrected chi connectivity index (χ1v) is 6.84. The van der Waals surface area contributed by atoms with Crippen LogP contribution in [0.15, 0.2) is 16.6 Å². The maximum atomic E-state index is 6.13. The van der Waals surface area contributed by atoms with Crippen molar-refractivity contribution >= 4 is 33.2 Å². The van der Waals surface area contributed by atoms with Crippen molar-refractivity contribution in [3.8, 4) is 0 Å². The Labute approximate surface area is 117 Å². The molecule has 1 rings (SSSR count). The van der Waals surface area contributed by atoms with E-state index in [9.17, 15) is 0 Å². The molecular weight excluding hydrogens is 302 g/mol. The largest absolute Gasteiger partial charge is 0.383 e. The van der Waals surface area contributed by atoms with Crippen LogP contribution in [0, 0.1) is 12.8 Å². The molecule has 0 heterocycles. The zero-order valence-corrected chi connectivity index (χ0v) is 13.0. The van der Waals surface area contributed by atoms with Gasteiger partial charge in [0.2, 0.25) is 0 Å². The SMILES string of the molecule is COCC(Nc1cc(Cl)c(C)cc1Br)C(C)C. The molecule has 4 heteroatoms. The van der Waals surface area contributed by atoms with E-state index in [0.717, 1.165) is 20.7 Å². The Morgan fingerprint density at radius 1 is 1.41 bits per heavy atom. The molecule has 1 aromatic rings. The minimum atomic E-state index is 0.273. The molecule has 0 aliphatic carbocycles. The topological polar surface area (TPSA) is 21.3 Å². The smallest absolute Gasteiger partial charge is 0.0666 e. The van der Waals surface area contributed by atoms with Crippen LogP contribution in [-0.4, -0.2) is 19.8 Å². The normalized spacial score (nSPS) is 12.9. The quantitative estimate of drug-likeness (QED) is 0.863. The van der Waals surface area contributed by atoms with Crippen LogP contribution in [0.3, 0.4) is 0 Å². The van der Waals surface area contributed by atoms with Crippen molar-refractivity contribution in [2.45, 2.75) is 26.8 Å². The number of anilines is 1. The number of nitrogens with one attached hydrogen (secondary N) is 1. The Kier molecular flexibility index (Phi) is 5.77. The summed E-state index contributed by atoms with van der Waals surface area (Å²) in [5, 5.41) is 4.23. The Morgan fingerprint density at radius 2 is 2.06 bits per heavy atom. The molecule has 96 valence electrons. The molecule has 1 N–H and O–H groups in total. The summed E-state index contributed by atoms with van der Waals surface area (Å²) in [7, 11) is 1.72. The zero-order valence-electron chi connectivity index (χ0n) is 10.7. The fourth-order valence-electron chi connectivity index (χ4n) is 1.54. The summed E-state index contributed by atoms with van der Waals surface area (Å²) in [6, 6.07) is 4.25. The maximum absolute atomic E-state index is 6.13. The van der Waals surface area contributed by atoms with Crippen LogP contribution in [0.2, 0.25) is 5.02 Å². The van der Waals surface area contributed by atoms with E-state index in [-0.39, 0.29) is 6.04 Å². The van der Waals surface area contributed by atoms with Gasteiger partial charge in [-0.15, -0.1) is 0 Å². The first-order valence-electron chi connectivity index (χ1n) is 5.66. The third kappa shape index (κ3) is 4.16. The number of rotatable bonds is 5. The molecule has 17 heavy (non-hydrogen) atoms. The van der Waals surface area contributed by atoms with Gasteiger partial charge in [-0.25, -0.2) is 0 Å². The van der Waals surface area contributed by atoms with Crippen molar-refractivity contribution in [2.75, 3.05) is 19.0 Å². The van der Waals surface area contributed by atoms with E-state index >= 15 is 0 Å². The maximum Gasteiger partial charge on any atom is 0.0666 e. The molecule has 0 aliphatic heterocycles. The second kappa shape index (κ2) is 6.62. The molecule has 1 unspecified atom stereocenters. The van der Waals surface area contributed by atoms with E-state index < -0.39 is 0 Å². The second-order valence-corrected chi connectivity index (χ2v) is 5.79. The van der Waals surface area contributed by atoms with Crippen molar-refractivity contribution in [2.24, 2.45) is 5.92 Å². The lowest BCUT2D eigenvalue weighted by Crippen LogP contribution is -2.30. The van der Waals surface area contributed by atoms with Gasteiger partial charge in [0, 0.05) is 16.6 Å². The van der Waals surface area contributed by atoms with E-state index in [0.29, 0.717) is 12.5 Å². The van der Waals surface area contributed by atoms with Gasteiger partial charge in [0.05, 0.1) is 18.3 Å². The summed E-state index contributed by atoms with van der Waals surface area (Å²) in [6.45, 7) is 7.00. The van der Waals surface area contributed by atoms with Crippen LogP contribution in [0.25, 0.3) is 0 Å². The summed E-state index contributed by atoms with van der Waals surface area (Å²) in [5.74, 6) is 0.488. The predicted octanol–water partition coefficient (Wildman–Crippen LogP) is 4.49. The lowest BCUT2D eigenvalue weighted by molar-refractivity contribution is 0.171. The summed E-state index contributed by atoms with van der Waals surface area (Å²) in [4.78, 5) is 0. The van der Waals surface area contributed by atoms with Crippen molar-refractivity contribution in [1.29, 1.82) is 0 Å². The minimum Gasteiger partial charge on any atom is -0.383 e. The monoisotopic (exact) mass is 319 g/mol. The van der Waals surface area contributed by atoms with Crippen molar-refractivity contribution in [3.63, 3.8) is 0 Å². The van der Waals surface area contributed by atoms with Gasteiger partial charge in [-0.3, -0.25) is 0 Å². The lowest BCUT2D eigenvalue weighted by Gasteiger charge is -2.23. The Bertz CT molecular complexity index is 382. The molecule has 1 aromatic carbocycles. The van der Waals surface area contributed by atoms with Gasteiger partial charge in [-0.2, -0.15) is 0 Å². The lowest BCUT2D eigenvalue weighted by atomic mass is 10.0. The third-order valence-electron chi connectivity index (χ3n) is 2.74. The van der Waals surface area contributed by atoms with Gasteiger partial charge in [0.15, 0.2) is 0 Å². The van der Waals surface area contributed by atoms with Crippen molar-refractivity contribution in [1.82, 2.24) is 0 Å². The predicted molar refractivity (Wildman–Crippen MR) is 78.0 cm³/mol. The van der Waals surface area contributed by atoms with Crippen molar-refractivity contribution in [3.05, 3.63) is 27.2 Å². The van der Waals surface area contributed by atoms with Gasteiger partial charge in [-0.1, -0.05) is 25.4 Å². The molecule has 0 aromatic heterocycles. The summed E-state index contributed by atoms with van der Waals surface area (Å²) in [5.41, 5.74) is 2.08. The van der Waals surface area contributed by atoms with Gasteiger partial charge in [0.1, 0.15) is 0 Å². The van der Waals surface area contributed by atoms with E-state index in [4.69, 9.17) is 16.3 Å². The van der Waals surface area contributed by atoms with Crippen LogP contribution in [0.4, 0.5) is 5.69 Å². The molecule has 0 aliphatic rings. The number of ether oxygens (including phenoxy) is 1. The highest BCUT2D eigenvalue weighted by molar-refractivity contribution is 9.10. The standard InChI is InChI=1S/C13H19BrClNO/c1-8(2)13(7-17-4)16-12-6-11(15)9(3)5-10(12)14/h5-6,8,13,16H,7H2,1-4H3. The van der Waals surface area contributed by atoms with E-state index in [1.165, 1.54) is 0 Å². The highest BCUT2D eigenvalue weighted by atomic mass is 79.9. The van der Waals surface area contributed by atoms with Crippen LogP contribution >= 0.6 is 27.5 Å². The Hall–Kier alpha value is -0.250. The number of hydrogen-bond acceptors (Lipinski definition) is 2. The van der Waals surface area contributed by atoms with Gasteiger partial charge in [0.25, 0.3) is 0 Å². The molecule has 0 bridgehead atoms. The Balaban J connectivity index is 2.89. The van der Waals surface area contributed by atoms with Gasteiger partial charge in [-0.05, 0) is 46.5 Å². The molecule has 2 nitrogen and oxygen atoms in total. The molecule has 1 atom stereocenters. The number of halogens is 2.